The molecule has 0 bridgehead atoms. The molecule has 0 saturated heterocycles. The van der Waals surface area contributed by atoms with E-state index in [0.29, 0.717) is 27.0 Å². The molecule has 9 heteroatoms. The van der Waals surface area contributed by atoms with Gasteiger partial charge in [-0.2, -0.15) is 0 Å². The number of hydrogen-bond acceptors (Lipinski definition) is 5. The van der Waals surface area contributed by atoms with Gasteiger partial charge in [-0.15, -0.1) is 0 Å². The molecule has 2 rings (SSSR count). The second-order valence-electron chi connectivity index (χ2n) is 5.60. The third-order valence-corrected chi connectivity index (χ3v) is 5.05. The minimum atomic E-state index is -0.536. The van der Waals surface area contributed by atoms with Gasteiger partial charge >= 0.3 is 5.97 Å². The number of esters is 1. The molecule has 7 nitrogen and oxygen atoms in total. The Morgan fingerprint density at radius 1 is 1.25 bits per heavy atom. The summed E-state index contributed by atoms with van der Waals surface area (Å²) in [6.07, 6.45) is 4.69. The Balaban J connectivity index is 1.88. The first kappa shape index (κ1) is 18.9. The van der Waals surface area contributed by atoms with E-state index < -0.39 is 10.8 Å². The fourth-order valence-electron chi connectivity index (χ4n) is 2.62. The lowest BCUT2D eigenvalue weighted by molar-refractivity contribution is -0.385. The molecular formula is C15H16Br2N2O5. The first-order chi connectivity index (χ1) is 11.4. The van der Waals surface area contributed by atoms with Crippen molar-refractivity contribution >= 4 is 55.1 Å². The third kappa shape index (κ3) is 5.27. The molecule has 0 heterocycles. The van der Waals surface area contributed by atoms with Gasteiger partial charge in [0.2, 0.25) is 0 Å². The Kier molecular flexibility index (Phi) is 6.73. The van der Waals surface area contributed by atoms with Crippen LogP contribution in [-0.2, 0) is 14.3 Å². The molecule has 1 fully saturated rings. The van der Waals surface area contributed by atoms with Crippen molar-refractivity contribution in [3.05, 3.63) is 31.2 Å². The molecule has 130 valence electrons. The molecule has 1 aromatic rings. The summed E-state index contributed by atoms with van der Waals surface area (Å²) >= 11 is 6.35. The van der Waals surface area contributed by atoms with E-state index in [1.165, 1.54) is 12.1 Å². The van der Waals surface area contributed by atoms with Gasteiger partial charge in [0.25, 0.3) is 11.6 Å². The van der Waals surface area contributed by atoms with E-state index in [0.717, 1.165) is 25.7 Å². The number of non-ortho nitro benzene ring substituents is 1. The van der Waals surface area contributed by atoms with Gasteiger partial charge in [-0.05, 0) is 50.6 Å². The maximum Gasteiger partial charge on any atom is 0.306 e. The number of halogens is 2. The average molecular weight is 464 g/mol. The van der Waals surface area contributed by atoms with E-state index in [4.69, 9.17) is 4.74 Å². The molecule has 0 aliphatic heterocycles. The van der Waals surface area contributed by atoms with Crippen LogP contribution in [0.2, 0.25) is 0 Å². The van der Waals surface area contributed by atoms with Gasteiger partial charge in [-0.1, -0.05) is 12.8 Å². The summed E-state index contributed by atoms with van der Waals surface area (Å²) in [6.45, 7) is -0.387. The van der Waals surface area contributed by atoms with Gasteiger partial charge in [0, 0.05) is 27.5 Å². The standard InChI is InChI=1S/C15H16Br2N2O5/c16-11-6-10(19(22)23)7-12(17)15(11)18-13(20)8-24-14(21)5-9-3-1-2-4-9/h6-7,9H,1-5,8H2,(H,18,20). The van der Waals surface area contributed by atoms with E-state index in [1.807, 2.05) is 0 Å². The Morgan fingerprint density at radius 3 is 2.38 bits per heavy atom. The number of amides is 1. The summed E-state index contributed by atoms with van der Waals surface area (Å²) < 4.78 is 5.70. The van der Waals surface area contributed by atoms with Crippen LogP contribution < -0.4 is 5.32 Å². The van der Waals surface area contributed by atoms with Crippen molar-refractivity contribution in [2.45, 2.75) is 32.1 Å². The minimum absolute atomic E-state index is 0.116. The number of benzene rings is 1. The maximum atomic E-state index is 11.9. The molecule has 0 radical (unpaired) electrons. The molecule has 1 aliphatic rings. The fourth-order valence-corrected chi connectivity index (χ4v) is 3.98. The van der Waals surface area contributed by atoms with Crippen LogP contribution >= 0.6 is 31.9 Å². The summed E-state index contributed by atoms with van der Waals surface area (Å²) in [7, 11) is 0. The molecule has 1 aromatic carbocycles. The van der Waals surface area contributed by atoms with Gasteiger partial charge < -0.3 is 10.1 Å². The van der Waals surface area contributed by atoms with E-state index in [-0.39, 0.29) is 18.3 Å². The van der Waals surface area contributed by atoms with Crippen LogP contribution in [0.15, 0.2) is 21.1 Å². The predicted octanol–water partition coefficient (Wildman–Crippen LogP) is 4.18. The van der Waals surface area contributed by atoms with Crippen LogP contribution in [0.1, 0.15) is 32.1 Å². The summed E-state index contributed by atoms with van der Waals surface area (Å²) in [5.74, 6) is -0.526. The van der Waals surface area contributed by atoms with E-state index in [1.54, 1.807) is 0 Å². The highest BCUT2D eigenvalue weighted by atomic mass is 79.9. The molecule has 1 amide bonds. The van der Waals surface area contributed by atoms with Crippen molar-refractivity contribution < 1.29 is 19.2 Å². The van der Waals surface area contributed by atoms with Crippen molar-refractivity contribution in [3.63, 3.8) is 0 Å². The van der Waals surface area contributed by atoms with Crippen LogP contribution in [0.5, 0.6) is 0 Å². The van der Waals surface area contributed by atoms with Crippen LogP contribution in [0.4, 0.5) is 11.4 Å². The Morgan fingerprint density at radius 2 is 1.83 bits per heavy atom. The second kappa shape index (κ2) is 8.57. The number of anilines is 1. The number of nitrogens with one attached hydrogen (secondary N) is 1. The number of carbonyl (C=O) groups is 2. The van der Waals surface area contributed by atoms with Crippen LogP contribution in [0.25, 0.3) is 0 Å². The van der Waals surface area contributed by atoms with Gasteiger partial charge in [-0.3, -0.25) is 19.7 Å². The van der Waals surface area contributed by atoms with E-state index >= 15 is 0 Å². The minimum Gasteiger partial charge on any atom is -0.456 e. The molecule has 1 aliphatic carbocycles. The molecule has 0 unspecified atom stereocenters. The fraction of sp³-hybridized carbons (Fsp3) is 0.467. The van der Waals surface area contributed by atoms with Crippen molar-refractivity contribution in [3.8, 4) is 0 Å². The normalized spacial score (nSPS) is 14.4. The molecule has 0 atom stereocenters. The molecule has 1 N–H and O–H groups in total. The maximum absolute atomic E-state index is 11.9. The summed E-state index contributed by atoms with van der Waals surface area (Å²) in [6, 6.07) is 2.57. The lowest BCUT2D eigenvalue weighted by Crippen LogP contribution is -2.22. The molecule has 0 spiro atoms. The third-order valence-electron chi connectivity index (χ3n) is 3.80. The first-order valence-corrected chi connectivity index (χ1v) is 9.04. The number of ether oxygens (including phenoxy) is 1. The number of nitrogens with zero attached hydrogens (tertiary/aromatic N) is 1. The Hall–Kier alpha value is -1.48. The predicted molar refractivity (Wildman–Crippen MR) is 94.7 cm³/mol. The summed E-state index contributed by atoms with van der Waals surface area (Å²) in [5, 5.41) is 13.3. The highest BCUT2D eigenvalue weighted by Crippen LogP contribution is 2.35. The summed E-state index contributed by atoms with van der Waals surface area (Å²) in [5.41, 5.74) is 0.229. The van der Waals surface area contributed by atoms with Crippen molar-refractivity contribution in [1.29, 1.82) is 0 Å². The largest absolute Gasteiger partial charge is 0.456 e. The second-order valence-corrected chi connectivity index (χ2v) is 7.31. The van der Waals surface area contributed by atoms with Gasteiger partial charge in [-0.25, -0.2) is 0 Å². The lowest BCUT2D eigenvalue weighted by atomic mass is 10.1. The zero-order valence-corrected chi connectivity index (χ0v) is 15.9. The number of rotatable bonds is 6. The quantitative estimate of drug-likeness (QED) is 0.387. The van der Waals surface area contributed by atoms with Crippen LogP contribution in [0.3, 0.4) is 0 Å². The first-order valence-electron chi connectivity index (χ1n) is 7.45. The van der Waals surface area contributed by atoms with Crippen molar-refractivity contribution in [1.82, 2.24) is 0 Å². The topological polar surface area (TPSA) is 98.5 Å². The van der Waals surface area contributed by atoms with Crippen LogP contribution in [-0.4, -0.2) is 23.4 Å². The smallest absolute Gasteiger partial charge is 0.306 e. The number of nitro groups is 1. The monoisotopic (exact) mass is 462 g/mol. The number of nitro benzene ring substituents is 1. The number of carbonyl (C=O) groups excluding carboxylic acids is 2. The Bertz CT molecular complexity index is 636. The average Bonchev–Trinajstić information content (AvgIpc) is 3.01. The zero-order chi connectivity index (χ0) is 17.7. The zero-order valence-electron chi connectivity index (χ0n) is 12.7. The Labute approximate surface area is 155 Å². The van der Waals surface area contributed by atoms with Gasteiger partial charge in [0.05, 0.1) is 10.6 Å². The highest BCUT2D eigenvalue weighted by Gasteiger charge is 2.20. The van der Waals surface area contributed by atoms with Crippen LogP contribution in [0, 0.1) is 16.0 Å². The van der Waals surface area contributed by atoms with E-state index in [9.17, 15) is 19.7 Å². The van der Waals surface area contributed by atoms with Gasteiger partial charge in [0.15, 0.2) is 6.61 Å². The van der Waals surface area contributed by atoms with Gasteiger partial charge in [0.1, 0.15) is 0 Å². The van der Waals surface area contributed by atoms with E-state index in [2.05, 4.69) is 37.2 Å². The molecule has 24 heavy (non-hydrogen) atoms. The molecule has 1 saturated carbocycles. The highest BCUT2D eigenvalue weighted by molar-refractivity contribution is 9.11. The lowest BCUT2D eigenvalue weighted by Gasteiger charge is -2.11. The summed E-state index contributed by atoms with van der Waals surface area (Å²) in [4.78, 5) is 33.9. The molecular weight excluding hydrogens is 448 g/mol. The number of hydrogen-bond donors (Lipinski definition) is 1. The SMILES string of the molecule is O=C(COC(=O)CC1CCCC1)Nc1c(Br)cc([N+](=O)[O-])cc1Br. The van der Waals surface area contributed by atoms with Crippen molar-refractivity contribution in [2.75, 3.05) is 11.9 Å². The molecule has 0 aromatic heterocycles. The van der Waals surface area contributed by atoms with Crippen molar-refractivity contribution in [2.24, 2.45) is 5.92 Å².